The molecule has 22 heavy (non-hydrogen) atoms. The molecule has 0 spiro atoms. The fraction of sp³-hybridized carbons (Fsp3) is 0.550. The highest BCUT2D eigenvalue weighted by Gasteiger charge is 2.26. The van der Waals surface area contributed by atoms with Gasteiger partial charge in [0.25, 0.3) is 0 Å². The molecule has 1 aliphatic rings. The van der Waals surface area contributed by atoms with Crippen molar-refractivity contribution in [2.24, 2.45) is 0 Å². The summed E-state index contributed by atoms with van der Waals surface area (Å²) in [5.41, 5.74) is 3.55. The van der Waals surface area contributed by atoms with Gasteiger partial charge >= 0.3 is 0 Å². The molecule has 1 aliphatic carbocycles. The van der Waals surface area contributed by atoms with Gasteiger partial charge in [0, 0.05) is 17.5 Å². The maximum absolute atomic E-state index is 11.9. The van der Waals surface area contributed by atoms with E-state index >= 15 is 0 Å². The Kier molecular flexibility index (Phi) is 4.25. The molecule has 0 radical (unpaired) electrons. The maximum atomic E-state index is 11.9. The molecule has 2 heteroatoms. The predicted molar refractivity (Wildman–Crippen MR) is 92.3 cm³/mol. The van der Waals surface area contributed by atoms with Crippen molar-refractivity contribution in [2.45, 2.75) is 71.6 Å². The second kappa shape index (κ2) is 5.57. The van der Waals surface area contributed by atoms with Crippen LogP contribution in [-0.2, 0) is 15.6 Å². The van der Waals surface area contributed by atoms with E-state index in [0.29, 0.717) is 12.2 Å². The zero-order valence-corrected chi connectivity index (χ0v) is 14.7. The molecule has 120 valence electrons. The van der Waals surface area contributed by atoms with E-state index in [1.165, 1.54) is 0 Å². The van der Waals surface area contributed by atoms with E-state index in [9.17, 15) is 9.90 Å². The van der Waals surface area contributed by atoms with Crippen LogP contribution in [0.2, 0.25) is 0 Å². The van der Waals surface area contributed by atoms with Gasteiger partial charge in [0.2, 0.25) is 0 Å². The number of carbonyl (C=O) groups excluding carboxylic acids is 1. The van der Waals surface area contributed by atoms with Crippen LogP contribution in [0.15, 0.2) is 17.7 Å². The molecule has 0 amide bonds. The van der Waals surface area contributed by atoms with Crippen molar-refractivity contribution in [3.8, 4) is 5.75 Å². The number of rotatable bonds is 1. The van der Waals surface area contributed by atoms with Gasteiger partial charge in [-0.05, 0) is 53.0 Å². The fourth-order valence-corrected chi connectivity index (χ4v) is 2.98. The molecular formula is C20H28O2. The molecule has 1 fully saturated rings. The standard InChI is InChI=1S/C20H28O2/c1-19(2,3)15-11-13(10-14-8-7-9-17(14)21)12-16(18(15)22)20(4,5)6/h10-12,22H,7-9H2,1-6H3/b14-10+. The van der Waals surface area contributed by atoms with Crippen molar-refractivity contribution in [3.63, 3.8) is 0 Å². The van der Waals surface area contributed by atoms with E-state index in [4.69, 9.17) is 0 Å². The van der Waals surface area contributed by atoms with Gasteiger partial charge in [-0.25, -0.2) is 0 Å². The van der Waals surface area contributed by atoms with Gasteiger partial charge in [-0.15, -0.1) is 0 Å². The summed E-state index contributed by atoms with van der Waals surface area (Å²) in [6.45, 7) is 12.6. The van der Waals surface area contributed by atoms with Crippen LogP contribution in [0.5, 0.6) is 5.75 Å². The van der Waals surface area contributed by atoms with E-state index < -0.39 is 0 Å². The number of hydrogen-bond acceptors (Lipinski definition) is 2. The third kappa shape index (κ3) is 3.43. The summed E-state index contributed by atoms with van der Waals surface area (Å²) in [4.78, 5) is 11.9. The van der Waals surface area contributed by atoms with Crippen LogP contribution in [-0.4, -0.2) is 10.9 Å². The number of allylic oxidation sites excluding steroid dienone is 1. The van der Waals surface area contributed by atoms with Gasteiger partial charge in [-0.1, -0.05) is 41.5 Å². The second-order valence-corrected chi connectivity index (χ2v) is 8.41. The van der Waals surface area contributed by atoms with Gasteiger partial charge in [0.1, 0.15) is 5.75 Å². The topological polar surface area (TPSA) is 37.3 Å². The first-order valence-electron chi connectivity index (χ1n) is 8.12. The Morgan fingerprint density at radius 2 is 1.45 bits per heavy atom. The number of carbonyl (C=O) groups is 1. The Hall–Kier alpha value is -1.57. The third-order valence-corrected chi connectivity index (χ3v) is 4.30. The minimum Gasteiger partial charge on any atom is -0.507 e. The van der Waals surface area contributed by atoms with Crippen LogP contribution >= 0.6 is 0 Å². The van der Waals surface area contributed by atoms with Gasteiger partial charge < -0.3 is 5.11 Å². The Labute approximate surface area is 134 Å². The lowest BCUT2D eigenvalue weighted by Crippen LogP contribution is -2.17. The lowest BCUT2D eigenvalue weighted by molar-refractivity contribution is -0.114. The van der Waals surface area contributed by atoms with Gasteiger partial charge in [0.05, 0.1) is 0 Å². The minimum atomic E-state index is -0.141. The average Bonchev–Trinajstić information content (AvgIpc) is 2.74. The van der Waals surface area contributed by atoms with Crippen LogP contribution in [0.4, 0.5) is 0 Å². The molecule has 0 atom stereocenters. The minimum absolute atomic E-state index is 0.141. The normalized spacial score (nSPS) is 18.3. The molecule has 0 aromatic heterocycles. The number of aromatic hydroxyl groups is 1. The van der Waals surface area contributed by atoms with E-state index in [1.54, 1.807) is 0 Å². The maximum Gasteiger partial charge on any atom is 0.158 e. The van der Waals surface area contributed by atoms with E-state index in [2.05, 4.69) is 41.5 Å². The smallest absolute Gasteiger partial charge is 0.158 e. The number of phenolic OH excluding ortho intramolecular Hbond substituents is 1. The summed E-state index contributed by atoms with van der Waals surface area (Å²) in [6, 6.07) is 4.06. The predicted octanol–water partition coefficient (Wildman–Crippen LogP) is 5.12. The molecule has 2 rings (SSSR count). The molecule has 1 aromatic carbocycles. The fourth-order valence-electron chi connectivity index (χ4n) is 2.98. The quantitative estimate of drug-likeness (QED) is 0.731. The highest BCUT2D eigenvalue weighted by Crippen LogP contribution is 2.40. The largest absolute Gasteiger partial charge is 0.507 e. The molecule has 0 unspecified atom stereocenters. The SMILES string of the molecule is CC(C)(C)c1cc(/C=C2\CCCC2=O)cc(C(C)(C)C)c1O. The highest BCUT2D eigenvalue weighted by atomic mass is 16.3. The molecule has 0 heterocycles. The van der Waals surface area contributed by atoms with Crippen LogP contribution in [0.3, 0.4) is 0 Å². The first-order chi connectivity index (χ1) is 10.00. The number of ketones is 1. The summed E-state index contributed by atoms with van der Waals surface area (Å²) in [5, 5.41) is 10.7. The Bertz CT molecular complexity index is 587. The summed E-state index contributed by atoms with van der Waals surface area (Å²) in [7, 11) is 0. The van der Waals surface area contributed by atoms with Gasteiger partial charge in [-0.2, -0.15) is 0 Å². The molecule has 1 saturated carbocycles. The first-order valence-corrected chi connectivity index (χ1v) is 8.12. The first kappa shape index (κ1) is 16.8. The molecule has 0 aliphatic heterocycles. The summed E-state index contributed by atoms with van der Waals surface area (Å²) < 4.78 is 0. The van der Waals surface area contributed by atoms with Crippen molar-refractivity contribution in [2.75, 3.05) is 0 Å². The van der Waals surface area contributed by atoms with Crippen molar-refractivity contribution in [1.82, 2.24) is 0 Å². The van der Waals surface area contributed by atoms with Gasteiger partial charge in [0.15, 0.2) is 5.78 Å². The van der Waals surface area contributed by atoms with E-state index in [0.717, 1.165) is 35.1 Å². The zero-order chi connectivity index (χ0) is 16.7. The zero-order valence-electron chi connectivity index (χ0n) is 14.7. The average molecular weight is 300 g/mol. The lowest BCUT2D eigenvalue weighted by atomic mass is 9.78. The Morgan fingerprint density at radius 1 is 0.955 bits per heavy atom. The summed E-state index contributed by atoms with van der Waals surface area (Å²) in [6.07, 6.45) is 4.51. The van der Waals surface area contributed by atoms with Crippen molar-refractivity contribution in [3.05, 3.63) is 34.4 Å². The van der Waals surface area contributed by atoms with Crippen LogP contribution in [0.1, 0.15) is 77.5 Å². The lowest BCUT2D eigenvalue weighted by Gasteiger charge is -2.28. The number of Topliss-reactive ketones (excluding diaryl/α,β-unsaturated/α-hetero) is 1. The molecule has 2 nitrogen and oxygen atoms in total. The van der Waals surface area contributed by atoms with Crippen molar-refractivity contribution < 1.29 is 9.90 Å². The second-order valence-electron chi connectivity index (χ2n) is 8.41. The highest BCUT2D eigenvalue weighted by molar-refractivity contribution is 6.01. The van der Waals surface area contributed by atoms with E-state index in [1.807, 2.05) is 18.2 Å². The van der Waals surface area contributed by atoms with Crippen LogP contribution < -0.4 is 0 Å². The van der Waals surface area contributed by atoms with Gasteiger partial charge in [-0.3, -0.25) is 4.79 Å². The third-order valence-electron chi connectivity index (χ3n) is 4.30. The monoisotopic (exact) mass is 300 g/mol. The molecule has 1 N–H and O–H groups in total. The molecule has 0 bridgehead atoms. The van der Waals surface area contributed by atoms with Crippen LogP contribution in [0.25, 0.3) is 6.08 Å². The van der Waals surface area contributed by atoms with E-state index in [-0.39, 0.29) is 16.6 Å². The Balaban J connectivity index is 2.63. The molecule has 0 saturated heterocycles. The molecule has 1 aromatic rings. The van der Waals surface area contributed by atoms with Crippen molar-refractivity contribution >= 4 is 11.9 Å². The van der Waals surface area contributed by atoms with Crippen LogP contribution in [0, 0.1) is 0 Å². The molecular weight excluding hydrogens is 272 g/mol. The Morgan fingerprint density at radius 3 is 1.82 bits per heavy atom. The van der Waals surface area contributed by atoms with Crippen molar-refractivity contribution in [1.29, 1.82) is 0 Å². The number of benzene rings is 1. The summed E-state index contributed by atoms with van der Waals surface area (Å²) >= 11 is 0. The number of phenols is 1. The summed E-state index contributed by atoms with van der Waals surface area (Å²) in [5.74, 6) is 0.655. The number of hydrogen-bond donors (Lipinski definition) is 1.